The summed E-state index contributed by atoms with van der Waals surface area (Å²) in [5.41, 5.74) is 0. The van der Waals surface area contributed by atoms with Gasteiger partial charge in [-0.15, -0.1) is 11.6 Å². The first-order chi connectivity index (χ1) is 7.74. The molecule has 0 radical (unpaired) electrons. The molecular formula is C12H23ClN2O. The Bertz CT molecular complexity index is 203. The number of piperazine rings is 1. The van der Waals surface area contributed by atoms with Gasteiger partial charge >= 0.3 is 0 Å². The molecule has 0 N–H and O–H groups in total. The van der Waals surface area contributed by atoms with Gasteiger partial charge in [-0.2, -0.15) is 0 Å². The van der Waals surface area contributed by atoms with Crippen molar-refractivity contribution in [3.63, 3.8) is 0 Å². The fraction of sp³-hybridized carbons (Fsp3) is 0.917. The first kappa shape index (κ1) is 13.8. The summed E-state index contributed by atoms with van der Waals surface area (Å²) >= 11 is 5.63. The predicted octanol–water partition coefficient (Wildman–Crippen LogP) is 1.95. The van der Waals surface area contributed by atoms with E-state index in [2.05, 4.69) is 4.90 Å². The molecule has 1 amide bonds. The second-order valence-electron chi connectivity index (χ2n) is 4.45. The monoisotopic (exact) mass is 246 g/mol. The lowest BCUT2D eigenvalue weighted by Crippen LogP contribution is -2.48. The number of halogens is 1. The van der Waals surface area contributed by atoms with Crippen LogP contribution >= 0.6 is 11.6 Å². The number of alkyl halides is 1. The zero-order valence-corrected chi connectivity index (χ0v) is 11.0. The van der Waals surface area contributed by atoms with E-state index in [0.717, 1.165) is 38.5 Å². The second-order valence-corrected chi connectivity index (χ2v) is 4.83. The third-order valence-corrected chi connectivity index (χ3v) is 3.44. The van der Waals surface area contributed by atoms with E-state index in [0.29, 0.717) is 0 Å². The molecule has 4 heteroatoms. The number of carbonyl (C=O) groups is 1. The average molecular weight is 247 g/mol. The standard InChI is InChI=1S/C12H23ClN2O/c1-12(16)15-10-8-14(9-11-15)7-5-3-2-4-6-13/h2-11H2,1H3. The summed E-state index contributed by atoms with van der Waals surface area (Å²) in [6.45, 7) is 6.70. The van der Waals surface area contributed by atoms with Crippen molar-refractivity contribution in [1.82, 2.24) is 9.80 Å². The molecule has 16 heavy (non-hydrogen) atoms. The zero-order valence-electron chi connectivity index (χ0n) is 10.3. The summed E-state index contributed by atoms with van der Waals surface area (Å²) in [5.74, 6) is 0.999. The second kappa shape index (κ2) is 7.91. The molecule has 0 aromatic rings. The van der Waals surface area contributed by atoms with Crippen LogP contribution in [0.4, 0.5) is 0 Å². The van der Waals surface area contributed by atoms with Gasteiger partial charge in [0, 0.05) is 39.0 Å². The average Bonchev–Trinajstić information content (AvgIpc) is 2.29. The summed E-state index contributed by atoms with van der Waals surface area (Å²) in [6.07, 6.45) is 4.92. The maximum absolute atomic E-state index is 11.1. The Kier molecular flexibility index (Phi) is 6.81. The topological polar surface area (TPSA) is 23.6 Å². The normalized spacial score (nSPS) is 17.8. The highest BCUT2D eigenvalue weighted by Gasteiger charge is 2.17. The number of carbonyl (C=O) groups excluding carboxylic acids is 1. The van der Waals surface area contributed by atoms with Gasteiger partial charge in [0.1, 0.15) is 0 Å². The molecule has 1 saturated heterocycles. The van der Waals surface area contributed by atoms with Gasteiger partial charge in [0.25, 0.3) is 0 Å². The molecule has 0 aliphatic carbocycles. The van der Waals surface area contributed by atoms with Gasteiger partial charge in [-0.05, 0) is 19.4 Å². The number of hydrogen-bond donors (Lipinski definition) is 0. The lowest BCUT2D eigenvalue weighted by atomic mass is 10.2. The van der Waals surface area contributed by atoms with Crippen molar-refractivity contribution in [2.45, 2.75) is 32.6 Å². The minimum Gasteiger partial charge on any atom is -0.340 e. The molecule has 0 atom stereocenters. The number of rotatable bonds is 6. The van der Waals surface area contributed by atoms with Gasteiger partial charge in [-0.25, -0.2) is 0 Å². The number of hydrogen-bond acceptors (Lipinski definition) is 2. The van der Waals surface area contributed by atoms with Crippen molar-refractivity contribution < 1.29 is 4.79 Å². The Morgan fingerprint density at radius 2 is 1.69 bits per heavy atom. The van der Waals surface area contributed by atoms with Gasteiger partial charge in [0.05, 0.1) is 0 Å². The van der Waals surface area contributed by atoms with Crippen LogP contribution in [0.25, 0.3) is 0 Å². The molecule has 1 heterocycles. The lowest BCUT2D eigenvalue weighted by molar-refractivity contribution is -0.130. The molecular weight excluding hydrogens is 224 g/mol. The molecule has 94 valence electrons. The van der Waals surface area contributed by atoms with Crippen LogP contribution in [0.15, 0.2) is 0 Å². The van der Waals surface area contributed by atoms with Crippen LogP contribution < -0.4 is 0 Å². The number of amides is 1. The van der Waals surface area contributed by atoms with Crippen molar-refractivity contribution in [2.24, 2.45) is 0 Å². The van der Waals surface area contributed by atoms with E-state index in [4.69, 9.17) is 11.6 Å². The van der Waals surface area contributed by atoms with E-state index >= 15 is 0 Å². The summed E-state index contributed by atoms with van der Waals surface area (Å²) in [4.78, 5) is 15.5. The van der Waals surface area contributed by atoms with Gasteiger partial charge in [-0.3, -0.25) is 9.69 Å². The Hall–Kier alpha value is -0.280. The van der Waals surface area contributed by atoms with Crippen LogP contribution in [0, 0.1) is 0 Å². The van der Waals surface area contributed by atoms with Crippen molar-refractivity contribution in [3.05, 3.63) is 0 Å². The molecule has 0 unspecified atom stereocenters. The van der Waals surface area contributed by atoms with Gasteiger partial charge < -0.3 is 4.90 Å². The molecule has 0 bridgehead atoms. The van der Waals surface area contributed by atoms with E-state index in [1.165, 1.54) is 25.8 Å². The summed E-state index contributed by atoms with van der Waals surface area (Å²) in [6, 6.07) is 0. The van der Waals surface area contributed by atoms with Crippen molar-refractivity contribution >= 4 is 17.5 Å². The third kappa shape index (κ3) is 5.17. The Morgan fingerprint density at radius 1 is 1.06 bits per heavy atom. The van der Waals surface area contributed by atoms with Crippen molar-refractivity contribution in [2.75, 3.05) is 38.6 Å². The first-order valence-electron chi connectivity index (χ1n) is 6.28. The quantitative estimate of drug-likeness (QED) is 0.528. The fourth-order valence-corrected chi connectivity index (χ4v) is 2.26. The van der Waals surface area contributed by atoms with Crippen molar-refractivity contribution in [1.29, 1.82) is 0 Å². The molecule has 0 spiro atoms. The van der Waals surface area contributed by atoms with Gasteiger partial charge in [0.15, 0.2) is 0 Å². The van der Waals surface area contributed by atoms with E-state index in [1.807, 2.05) is 4.90 Å². The molecule has 3 nitrogen and oxygen atoms in total. The van der Waals surface area contributed by atoms with Crippen LogP contribution in [0.3, 0.4) is 0 Å². The summed E-state index contributed by atoms with van der Waals surface area (Å²) < 4.78 is 0. The molecule has 1 aliphatic heterocycles. The predicted molar refractivity (Wildman–Crippen MR) is 67.9 cm³/mol. The van der Waals surface area contributed by atoms with Crippen molar-refractivity contribution in [3.8, 4) is 0 Å². The summed E-state index contributed by atoms with van der Waals surface area (Å²) in [5, 5.41) is 0. The minimum absolute atomic E-state index is 0.210. The highest BCUT2D eigenvalue weighted by Crippen LogP contribution is 2.06. The van der Waals surface area contributed by atoms with E-state index in [1.54, 1.807) is 6.92 Å². The molecule has 1 rings (SSSR count). The van der Waals surface area contributed by atoms with Gasteiger partial charge in [-0.1, -0.05) is 12.8 Å². The molecule has 0 aromatic carbocycles. The molecule has 0 aromatic heterocycles. The van der Waals surface area contributed by atoms with Crippen LogP contribution in [-0.4, -0.2) is 54.3 Å². The maximum Gasteiger partial charge on any atom is 0.219 e. The smallest absolute Gasteiger partial charge is 0.219 e. The van der Waals surface area contributed by atoms with Crippen LogP contribution in [0.1, 0.15) is 32.6 Å². The van der Waals surface area contributed by atoms with E-state index in [9.17, 15) is 4.79 Å². The Balaban J connectivity index is 2.02. The van der Waals surface area contributed by atoms with Crippen LogP contribution in [0.5, 0.6) is 0 Å². The Labute approximate surface area is 104 Å². The maximum atomic E-state index is 11.1. The van der Waals surface area contributed by atoms with E-state index in [-0.39, 0.29) is 5.91 Å². The summed E-state index contributed by atoms with van der Waals surface area (Å²) in [7, 11) is 0. The number of nitrogens with zero attached hydrogens (tertiary/aromatic N) is 2. The molecule has 1 fully saturated rings. The molecule has 0 saturated carbocycles. The largest absolute Gasteiger partial charge is 0.340 e. The minimum atomic E-state index is 0.210. The Morgan fingerprint density at radius 3 is 2.25 bits per heavy atom. The highest BCUT2D eigenvalue weighted by molar-refractivity contribution is 6.17. The number of unbranched alkanes of at least 4 members (excludes halogenated alkanes) is 3. The zero-order chi connectivity index (χ0) is 11.8. The van der Waals surface area contributed by atoms with Gasteiger partial charge in [0.2, 0.25) is 5.91 Å². The third-order valence-electron chi connectivity index (χ3n) is 3.18. The molecule has 1 aliphatic rings. The highest BCUT2D eigenvalue weighted by atomic mass is 35.5. The van der Waals surface area contributed by atoms with Crippen LogP contribution in [0.2, 0.25) is 0 Å². The lowest BCUT2D eigenvalue weighted by Gasteiger charge is -2.34. The first-order valence-corrected chi connectivity index (χ1v) is 6.81. The SMILES string of the molecule is CC(=O)N1CCN(CCCCCCCl)CC1. The fourth-order valence-electron chi connectivity index (χ4n) is 2.07. The van der Waals surface area contributed by atoms with E-state index < -0.39 is 0 Å². The van der Waals surface area contributed by atoms with Crippen LogP contribution in [-0.2, 0) is 4.79 Å².